The van der Waals surface area contributed by atoms with Gasteiger partial charge in [-0.25, -0.2) is 8.42 Å². The van der Waals surface area contributed by atoms with Crippen molar-refractivity contribution in [2.24, 2.45) is 0 Å². The SMILES string of the molecule is COC(=O)CCS(=O)(=O)N1CCCO1. The second-order valence-electron chi connectivity index (χ2n) is 2.86. The highest BCUT2D eigenvalue weighted by Crippen LogP contribution is 2.11. The van der Waals surface area contributed by atoms with Crippen molar-refractivity contribution in [1.29, 1.82) is 0 Å². The predicted molar refractivity (Wildman–Crippen MR) is 47.7 cm³/mol. The van der Waals surface area contributed by atoms with E-state index in [2.05, 4.69) is 4.74 Å². The molecular formula is C7H13NO5S. The molecule has 0 amide bonds. The molecule has 6 nitrogen and oxygen atoms in total. The number of sulfonamides is 1. The van der Waals surface area contributed by atoms with Crippen LogP contribution in [0, 0.1) is 0 Å². The first-order valence-electron chi connectivity index (χ1n) is 4.26. The number of nitrogens with zero attached hydrogens (tertiary/aromatic N) is 1. The van der Waals surface area contributed by atoms with E-state index in [0.29, 0.717) is 19.6 Å². The van der Waals surface area contributed by atoms with Gasteiger partial charge in [0.1, 0.15) is 0 Å². The van der Waals surface area contributed by atoms with Gasteiger partial charge in [-0.15, -0.1) is 0 Å². The fourth-order valence-electron chi connectivity index (χ4n) is 1.06. The van der Waals surface area contributed by atoms with Gasteiger partial charge >= 0.3 is 5.97 Å². The molecule has 14 heavy (non-hydrogen) atoms. The Balaban J connectivity index is 2.45. The zero-order valence-electron chi connectivity index (χ0n) is 7.93. The predicted octanol–water partition coefficient (Wildman–Crippen LogP) is -0.483. The van der Waals surface area contributed by atoms with Gasteiger partial charge in [0.15, 0.2) is 0 Å². The van der Waals surface area contributed by atoms with Crippen molar-refractivity contribution in [3.05, 3.63) is 0 Å². The lowest BCUT2D eigenvalue weighted by Gasteiger charge is -2.13. The summed E-state index contributed by atoms with van der Waals surface area (Å²) in [6.07, 6.45) is 0.552. The smallest absolute Gasteiger partial charge is 0.306 e. The van der Waals surface area contributed by atoms with Crippen LogP contribution in [0.1, 0.15) is 12.8 Å². The van der Waals surface area contributed by atoms with Crippen molar-refractivity contribution in [2.75, 3.05) is 26.0 Å². The van der Waals surface area contributed by atoms with Crippen molar-refractivity contribution >= 4 is 16.0 Å². The molecule has 0 spiro atoms. The molecule has 0 N–H and O–H groups in total. The topological polar surface area (TPSA) is 72.9 Å². The molecule has 1 fully saturated rings. The lowest BCUT2D eigenvalue weighted by atomic mass is 10.5. The lowest BCUT2D eigenvalue weighted by Crippen LogP contribution is -2.30. The van der Waals surface area contributed by atoms with Crippen LogP contribution in [0.4, 0.5) is 0 Å². The lowest BCUT2D eigenvalue weighted by molar-refractivity contribution is -0.140. The van der Waals surface area contributed by atoms with E-state index in [1.807, 2.05) is 0 Å². The molecule has 0 aromatic carbocycles. The molecule has 1 aliphatic heterocycles. The van der Waals surface area contributed by atoms with Crippen molar-refractivity contribution in [2.45, 2.75) is 12.8 Å². The largest absolute Gasteiger partial charge is 0.469 e. The maximum atomic E-state index is 11.4. The van der Waals surface area contributed by atoms with Crippen LogP contribution in [-0.4, -0.2) is 44.9 Å². The highest BCUT2D eigenvalue weighted by atomic mass is 32.2. The molecule has 0 radical (unpaired) electrons. The van der Waals surface area contributed by atoms with Crippen LogP contribution < -0.4 is 0 Å². The van der Waals surface area contributed by atoms with Crippen LogP contribution >= 0.6 is 0 Å². The van der Waals surface area contributed by atoms with Crippen molar-refractivity contribution < 1.29 is 22.8 Å². The number of methoxy groups -OCH3 is 1. The maximum Gasteiger partial charge on any atom is 0.306 e. The van der Waals surface area contributed by atoms with Crippen molar-refractivity contribution in [3.63, 3.8) is 0 Å². The third-order valence-electron chi connectivity index (χ3n) is 1.82. The van der Waals surface area contributed by atoms with E-state index < -0.39 is 16.0 Å². The van der Waals surface area contributed by atoms with Crippen LogP contribution in [-0.2, 0) is 24.4 Å². The normalized spacial score (nSPS) is 18.4. The van der Waals surface area contributed by atoms with E-state index in [0.717, 1.165) is 4.47 Å². The Bertz CT molecular complexity index is 293. The van der Waals surface area contributed by atoms with Crippen LogP contribution in [0.25, 0.3) is 0 Å². The molecule has 0 saturated carbocycles. The average Bonchev–Trinajstić information content (AvgIpc) is 2.67. The number of ether oxygens (including phenoxy) is 1. The summed E-state index contributed by atoms with van der Waals surface area (Å²) in [5.41, 5.74) is 0. The van der Waals surface area contributed by atoms with E-state index >= 15 is 0 Å². The minimum Gasteiger partial charge on any atom is -0.469 e. The monoisotopic (exact) mass is 223 g/mol. The number of hydroxylamine groups is 1. The summed E-state index contributed by atoms with van der Waals surface area (Å²) in [5, 5.41) is 0. The molecule has 82 valence electrons. The number of carbonyl (C=O) groups is 1. The molecule has 0 atom stereocenters. The summed E-state index contributed by atoms with van der Waals surface area (Å²) >= 11 is 0. The van der Waals surface area contributed by atoms with Gasteiger partial charge in [-0.05, 0) is 6.42 Å². The van der Waals surface area contributed by atoms with Crippen LogP contribution in [0.2, 0.25) is 0 Å². The Morgan fingerprint density at radius 3 is 2.79 bits per heavy atom. The molecular weight excluding hydrogens is 210 g/mol. The Hall–Kier alpha value is -0.660. The second kappa shape index (κ2) is 4.72. The minimum atomic E-state index is -3.45. The Morgan fingerprint density at radius 1 is 1.57 bits per heavy atom. The minimum absolute atomic E-state index is 0.140. The molecule has 0 aromatic rings. The number of hydrogen-bond acceptors (Lipinski definition) is 5. The number of carbonyl (C=O) groups excluding carboxylic acids is 1. The molecule has 1 saturated heterocycles. The second-order valence-corrected chi connectivity index (χ2v) is 4.83. The van der Waals surface area contributed by atoms with Gasteiger partial charge in [0.25, 0.3) is 0 Å². The molecule has 7 heteroatoms. The third kappa shape index (κ3) is 2.93. The van der Waals surface area contributed by atoms with Gasteiger partial charge in [0, 0.05) is 6.54 Å². The molecule has 0 unspecified atom stereocenters. The van der Waals surface area contributed by atoms with Gasteiger partial charge < -0.3 is 4.74 Å². The van der Waals surface area contributed by atoms with Gasteiger partial charge in [-0.3, -0.25) is 9.63 Å². The molecule has 1 heterocycles. The summed E-state index contributed by atoms with van der Waals surface area (Å²) in [6, 6.07) is 0. The average molecular weight is 223 g/mol. The van der Waals surface area contributed by atoms with Crippen LogP contribution in [0.15, 0.2) is 0 Å². The van der Waals surface area contributed by atoms with E-state index in [1.54, 1.807) is 0 Å². The van der Waals surface area contributed by atoms with E-state index in [9.17, 15) is 13.2 Å². The number of rotatable bonds is 4. The van der Waals surface area contributed by atoms with E-state index in [-0.39, 0.29) is 12.2 Å². The zero-order valence-corrected chi connectivity index (χ0v) is 8.75. The summed E-state index contributed by atoms with van der Waals surface area (Å²) in [5.74, 6) is -0.799. The summed E-state index contributed by atoms with van der Waals surface area (Å²) < 4.78 is 28.2. The van der Waals surface area contributed by atoms with E-state index in [1.165, 1.54) is 7.11 Å². The molecule has 0 aromatic heterocycles. The van der Waals surface area contributed by atoms with Crippen molar-refractivity contribution in [3.8, 4) is 0 Å². The van der Waals surface area contributed by atoms with Gasteiger partial charge in [0.05, 0.1) is 25.9 Å². The molecule has 1 aliphatic rings. The molecule has 0 bridgehead atoms. The highest BCUT2D eigenvalue weighted by molar-refractivity contribution is 7.88. The Morgan fingerprint density at radius 2 is 2.29 bits per heavy atom. The quantitative estimate of drug-likeness (QED) is 0.602. The van der Waals surface area contributed by atoms with Gasteiger partial charge in [0.2, 0.25) is 10.0 Å². The van der Waals surface area contributed by atoms with Crippen LogP contribution in [0.5, 0.6) is 0 Å². The number of hydrogen-bond donors (Lipinski definition) is 0. The Labute approximate surface area is 82.8 Å². The van der Waals surface area contributed by atoms with Crippen molar-refractivity contribution in [1.82, 2.24) is 4.47 Å². The first-order valence-corrected chi connectivity index (χ1v) is 5.87. The summed E-state index contributed by atoms with van der Waals surface area (Å²) in [6.45, 7) is 0.779. The Kier molecular flexibility index (Phi) is 3.85. The molecule has 0 aliphatic carbocycles. The van der Waals surface area contributed by atoms with Gasteiger partial charge in [-0.2, -0.15) is 0 Å². The first-order chi connectivity index (χ1) is 6.56. The van der Waals surface area contributed by atoms with Gasteiger partial charge in [-0.1, -0.05) is 4.47 Å². The third-order valence-corrected chi connectivity index (χ3v) is 3.45. The number of esters is 1. The molecule has 1 rings (SSSR count). The fourth-order valence-corrected chi connectivity index (χ4v) is 2.33. The zero-order chi connectivity index (χ0) is 10.6. The standard InChI is InChI=1S/C7H13NO5S/c1-12-7(9)3-6-14(10,11)8-4-2-5-13-8/h2-6H2,1H3. The van der Waals surface area contributed by atoms with E-state index in [4.69, 9.17) is 4.84 Å². The highest BCUT2D eigenvalue weighted by Gasteiger charge is 2.27. The summed E-state index contributed by atoms with van der Waals surface area (Å²) in [7, 11) is -2.23. The fraction of sp³-hybridized carbons (Fsp3) is 0.857. The first kappa shape index (κ1) is 11.4. The summed E-state index contributed by atoms with van der Waals surface area (Å²) in [4.78, 5) is 15.6. The van der Waals surface area contributed by atoms with Crippen LogP contribution in [0.3, 0.4) is 0 Å². The maximum absolute atomic E-state index is 11.4.